The minimum Gasteiger partial charge on any atom is -0.358 e. The van der Waals surface area contributed by atoms with Crippen molar-refractivity contribution in [1.29, 1.82) is 0 Å². The van der Waals surface area contributed by atoms with Gasteiger partial charge in [0.15, 0.2) is 0 Å². The van der Waals surface area contributed by atoms with Gasteiger partial charge in [-0.2, -0.15) is 0 Å². The highest BCUT2D eigenvalue weighted by Crippen LogP contribution is 2.20. The highest BCUT2D eigenvalue weighted by atomic mass is 16.1. The third kappa shape index (κ3) is 1.73. The summed E-state index contributed by atoms with van der Waals surface area (Å²) in [4.78, 5) is 14.7. The molecular weight excluding hydrogens is 188 g/mol. The van der Waals surface area contributed by atoms with E-state index < -0.39 is 0 Å². The lowest BCUT2D eigenvalue weighted by Crippen LogP contribution is -2.31. The lowest BCUT2D eigenvalue weighted by Gasteiger charge is -2.10. The van der Waals surface area contributed by atoms with Crippen LogP contribution in [0.4, 0.5) is 0 Å². The van der Waals surface area contributed by atoms with Gasteiger partial charge in [-0.3, -0.25) is 4.79 Å². The van der Waals surface area contributed by atoms with Gasteiger partial charge in [0.05, 0.1) is 5.56 Å². The van der Waals surface area contributed by atoms with E-state index in [-0.39, 0.29) is 5.91 Å². The maximum absolute atomic E-state index is 11.5. The number of fused-ring (bicyclic) bond motifs is 1. The van der Waals surface area contributed by atoms with E-state index in [1.807, 2.05) is 25.1 Å². The number of rotatable bonds is 2. The Kier molecular flexibility index (Phi) is 2.46. The Morgan fingerprint density at radius 2 is 2.40 bits per heavy atom. The predicted octanol–water partition coefficient (Wildman–Crippen LogP) is 1.89. The van der Waals surface area contributed by atoms with Crippen molar-refractivity contribution in [3.8, 4) is 0 Å². The Hall–Kier alpha value is -1.77. The smallest absolute Gasteiger partial charge is 0.253 e. The predicted molar refractivity (Wildman–Crippen MR) is 60.7 cm³/mol. The second kappa shape index (κ2) is 3.77. The fraction of sp³-hybridized carbons (Fsp3) is 0.250. The van der Waals surface area contributed by atoms with Crippen molar-refractivity contribution in [2.45, 2.75) is 13.3 Å². The molecule has 0 fully saturated rings. The van der Waals surface area contributed by atoms with Crippen LogP contribution < -0.4 is 5.32 Å². The number of nitrogens with one attached hydrogen (secondary N) is 2. The molecule has 1 aliphatic heterocycles. The summed E-state index contributed by atoms with van der Waals surface area (Å²) in [5.41, 5.74) is 3.59. The van der Waals surface area contributed by atoms with E-state index in [0.29, 0.717) is 6.54 Å². The van der Waals surface area contributed by atoms with Crippen molar-refractivity contribution < 1.29 is 4.79 Å². The zero-order valence-electron chi connectivity index (χ0n) is 8.76. The molecule has 15 heavy (non-hydrogen) atoms. The van der Waals surface area contributed by atoms with Crippen LogP contribution in [0.1, 0.15) is 28.7 Å². The normalized spacial score (nSPS) is 15.1. The third-order valence-electron chi connectivity index (χ3n) is 2.52. The Labute approximate surface area is 88.9 Å². The van der Waals surface area contributed by atoms with Gasteiger partial charge in [0, 0.05) is 24.4 Å². The molecule has 2 heterocycles. The van der Waals surface area contributed by atoms with Gasteiger partial charge in [-0.1, -0.05) is 18.7 Å². The first-order valence-electron chi connectivity index (χ1n) is 5.04. The lowest BCUT2D eigenvalue weighted by molar-refractivity contribution is 0.0946. The van der Waals surface area contributed by atoms with Gasteiger partial charge in [-0.15, -0.1) is 0 Å². The molecule has 0 saturated carbocycles. The van der Waals surface area contributed by atoms with Gasteiger partial charge >= 0.3 is 0 Å². The Bertz CT molecular complexity index is 440. The number of carbonyl (C=O) groups excluding carboxylic acids is 1. The number of carbonyl (C=O) groups is 1. The Balaban J connectivity index is 2.37. The minimum atomic E-state index is 0.00651. The molecule has 0 saturated heterocycles. The molecule has 0 aliphatic carbocycles. The van der Waals surface area contributed by atoms with Gasteiger partial charge in [0.1, 0.15) is 0 Å². The van der Waals surface area contributed by atoms with Crippen LogP contribution in [-0.4, -0.2) is 17.4 Å². The van der Waals surface area contributed by atoms with Crippen LogP contribution >= 0.6 is 0 Å². The highest BCUT2D eigenvalue weighted by Gasteiger charge is 2.19. The molecule has 1 aromatic heterocycles. The number of amides is 1. The summed E-state index contributed by atoms with van der Waals surface area (Å²) < 4.78 is 0. The summed E-state index contributed by atoms with van der Waals surface area (Å²) in [6.45, 7) is 6.59. The monoisotopic (exact) mass is 202 g/mol. The summed E-state index contributed by atoms with van der Waals surface area (Å²) >= 11 is 0. The number of hydrogen-bond acceptors (Lipinski definition) is 1. The fourth-order valence-electron chi connectivity index (χ4n) is 1.76. The molecule has 3 nitrogen and oxygen atoms in total. The zero-order chi connectivity index (χ0) is 10.8. The number of aromatic nitrogens is 1. The molecule has 0 bridgehead atoms. The quantitative estimate of drug-likeness (QED) is 0.707. The molecule has 3 heteroatoms. The number of H-pyrrole nitrogens is 1. The van der Waals surface area contributed by atoms with Gasteiger partial charge in [0.25, 0.3) is 5.91 Å². The molecule has 78 valence electrons. The van der Waals surface area contributed by atoms with E-state index in [0.717, 1.165) is 28.9 Å². The number of aromatic amines is 1. The SMILES string of the molecule is C=C(/C=C\C)c1cc2c([nH]1)CCNC2=O. The fourth-order valence-corrected chi connectivity index (χ4v) is 1.76. The Morgan fingerprint density at radius 3 is 3.07 bits per heavy atom. The van der Waals surface area contributed by atoms with E-state index in [9.17, 15) is 4.79 Å². The first kappa shape index (κ1) is 9.77. The molecule has 1 aliphatic rings. The maximum atomic E-state index is 11.5. The van der Waals surface area contributed by atoms with E-state index in [1.54, 1.807) is 0 Å². The largest absolute Gasteiger partial charge is 0.358 e. The molecular formula is C12H14N2O. The average molecular weight is 202 g/mol. The molecule has 1 amide bonds. The molecule has 0 aromatic carbocycles. The number of hydrogen-bond donors (Lipinski definition) is 2. The molecule has 0 spiro atoms. The minimum absolute atomic E-state index is 0.00651. The van der Waals surface area contributed by atoms with E-state index in [1.165, 1.54) is 0 Å². The summed E-state index contributed by atoms with van der Waals surface area (Å²) in [6, 6.07) is 1.87. The van der Waals surface area contributed by atoms with Crippen molar-refractivity contribution >= 4 is 11.5 Å². The van der Waals surface area contributed by atoms with Gasteiger partial charge < -0.3 is 10.3 Å². The molecule has 0 atom stereocenters. The van der Waals surface area contributed by atoms with E-state index in [4.69, 9.17) is 0 Å². The van der Waals surface area contributed by atoms with E-state index >= 15 is 0 Å². The van der Waals surface area contributed by atoms with Gasteiger partial charge in [-0.05, 0) is 18.6 Å². The zero-order valence-corrected chi connectivity index (χ0v) is 8.76. The Morgan fingerprint density at radius 1 is 1.60 bits per heavy atom. The second-order valence-corrected chi connectivity index (χ2v) is 3.61. The highest BCUT2D eigenvalue weighted by molar-refractivity contribution is 5.97. The first-order chi connectivity index (χ1) is 7.22. The van der Waals surface area contributed by atoms with Crippen LogP contribution in [0.25, 0.3) is 5.57 Å². The van der Waals surface area contributed by atoms with Crippen LogP contribution in [0.3, 0.4) is 0 Å². The van der Waals surface area contributed by atoms with Crippen LogP contribution in [-0.2, 0) is 6.42 Å². The topological polar surface area (TPSA) is 44.9 Å². The van der Waals surface area contributed by atoms with Crippen molar-refractivity contribution in [2.75, 3.05) is 6.54 Å². The van der Waals surface area contributed by atoms with Crippen molar-refractivity contribution in [2.24, 2.45) is 0 Å². The summed E-state index contributed by atoms with van der Waals surface area (Å²) in [5.74, 6) is 0.00651. The second-order valence-electron chi connectivity index (χ2n) is 3.61. The molecule has 0 radical (unpaired) electrons. The van der Waals surface area contributed by atoms with E-state index in [2.05, 4.69) is 16.9 Å². The van der Waals surface area contributed by atoms with Crippen LogP contribution in [0.2, 0.25) is 0 Å². The summed E-state index contributed by atoms with van der Waals surface area (Å²) in [6.07, 6.45) is 4.72. The van der Waals surface area contributed by atoms with Gasteiger partial charge in [0.2, 0.25) is 0 Å². The summed E-state index contributed by atoms with van der Waals surface area (Å²) in [7, 11) is 0. The average Bonchev–Trinajstić information content (AvgIpc) is 2.63. The molecule has 2 N–H and O–H groups in total. The van der Waals surface area contributed by atoms with Crippen molar-refractivity contribution in [3.63, 3.8) is 0 Å². The third-order valence-corrected chi connectivity index (χ3v) is 2.52. The van der Waals surface area contributed by atoms with Crippen molar-refractivity contribution in [3.05, 3.63) is 41.7 Å². The number of allylic oxidation sites excluding steroid dienone is 3. The standard InChI is InChI=1S/C12H14N2O/c1-3-4-8(2)11-7-9-10(14-11)5-6-13-12(9)15/h3-4,7,14H,2,5-6H2,1H3,(H,13,15)/b4-3-. The maximum Gasteiger partial charge on any atom is 0.253 e. The lowest BCUT2D eigenvalue weighted by atomic mass is 10.1. The van der Waals surface area contributed by atoms with Gasteiger partial charge in [-0.25, -0.2) is 0 Å². The van der Waals surface area contributed by atoms with Crippen molar-refractivity contribution in [1.82, 2.24) is 10.3 Å². The van der Waals surface area contributed by atoms with Crippen LogP contribution in [0.5, 0.6) is 0 Å². The first-order valence-corrected chi connectivity index (χ1v) is 5.04. The summed E-state index contributed by atoms with van der Waals surface area (Å²) in [5, 5.41) is 2.82. The molecule has 2 rings (SSSR count). The van der Waals surface area contributed by atoms with Crippen LogP contribution in [0, 0.1) is 0 Å². The molecule has 1 aromatic rings. The van der Waals surface area contributed by atoms with Crippen LogP contribution in [0.15, 0.2) is 24.8 Å². The molecule has 0 unspecified atom stereocenters.